The average molecular weight is 285 g/mol. The molecule has 1 atom stereocenters. The lowest BCUT2D eigenvalue weighted by Gasteiger charge is -2.45. The second kappa shape index (κ2) is 6.46. The third kappa shape index (κ3) is 3.20. The van der Waals surface area contributed by atoms with Crippen molar-refractivity contribution < 1.29 is 4.74 Å². The van der Waals surface area contributed by atoms with Gasteiger partial charge in [0.15, 0.2) is 0 Å². The number of nitrogens with zero attached hydrogens (tertiary/aromatic N) is 3. The van der Waals surface area contributed by atoms with E-state index in [0.29, 0.717) is 12.1 Å². The molecule has 2 aliphatic heterocycles. The molecule has 0 saturated carbocycles. The molecule has 0 amide bonds. The summed E-state index contributed by atoms with van der Waals surface area (Å²) in [5.41, 5.74) is 1.96. The highest BCUT2D eigenvalue weighted by Gasteiger charge is 2.29. The van der Waals surface area contributed by atoms with E-state index < -0.39 is 0 Å². The molecular formula is C17H23N3O. The predicted molar refractivity (Wildman–Crippen MR) is 83.4 cm³/mol. The average Bonchev–Trinajstić information content (AvgIpc) is 2.56. The highest BCUT2D eigenvalue weighted by Crippen LogP contribution is 2.24. The van der Waals surface area contributed by atoms with Crippen LogP contribution in [0.5, 0.6) is 0 Å². The van der Waals surface area contributed by atoms with Gasteiger partial charge in [-0.2, -0.15) is 5.26 Å². The van der Waals surface area contributed by atoms with Gasteiger partial charge < -0.3 is 9.64 Å². The van der Waals surface area contributed by atoms with Crippen molar-refractivity contribution in [1.29, 1.82) is 5.26 Å². The molecular weight excluding hydrogens is 262 g/mol. The molecule has 1 aromatic rings. The number of ether oxygens (including phenoxy) is 1. The van der Waals surface area contributed by atoms with Crippen molar-refractivity contribution in [2.75, 3.05) is 37.7 Å². The van der Waals surface area contributed by atoms with E-state index in [1.165, 1.54) is 18.5 Å². The summed E-state index contributed by atoms with van der Waals surface area (Å²) in [4.78, 5) is 5.09. The molecule has 2 aliphatic rings. The first-order chi connectivity index (χ1) is 10.3. The van der Waals surface area contributed by atoms with Crippen molar-refractivity contribution in [2.24, 2.45) is 0 Å². The van der Waals surface area contributed by atoms with Crippen LogP contribution >= 0.6 is 0 Å². The van der Waals surface area contributed by atoms with Crippen LogP contribution in [-0.4, -0.2) is 49.8 Å². The van der Waals surface area contributed by atoms with Gasteiger partial charge in [0.25, 0.3) is 0 Å². The zero-order valence-electron chi connectivity index (χ0n) is 12.7. The normalized spacial score (nSPS) is 24.8. The van der Waals surface area contributed by atoms with E-state index in [1.54, 1.807) is 0 Å². The van der Waals surface area contributed by atoms with Gasteiger partial charge in [-0.05, 0) is 44.0 Å². The van der Waals surface area contributed by atoms with Gasteiger partial charge >= 0.3 is 0 Å². The van der Waals surface area contributed by atoms with Crippen molar-refractivity contribution in [1.82, 2.24) is 4.90 Å². The van der Waals surface area contributed by atoms with Gasteiger partial charge in [0.2, 0.25) is 0 Å². The molecule has 1 aromatic carbocycles. The smallest absolute Gasteiger partial charge is 0.0991 e. The van der Waals surface area contributed by atoms with Gasteiger partial charge in [0.05, 0.1) is 11.6 Å². The molecule has 21 heavy (non-hydrogen) atoms. The summed E-state index contributed by atoms with van der Waals surface area (Å²) in [7, 11) is 0. The Balaban J connectivity index is 1.63. The van der Waals surface area contributed by atoms with E-state index >= 15 is 0 Å². The fourth-order valence-corrected chi connectivity index (χ4v) is 3.48. The molecule has 0 bridgehead atoms. The number of hydrogen-bond acceptors (Lipinski definition) is 4. The van der Waals surface area contributed by atoms with E-state index in [0.717, 1.165) is 38.4 Å². The topological polar surface area (TPSA) is 39.5 Å². The molecule has 0 aliphatic carbocycles. The van der Waals surface area contributed by atoms with Gasteiger partial charge in [-0.1, -0.05) is 0 Å². The van der Waals surface area contributed by atoms with Gasteiger partial charge in [-0.25, -0.2) is 0 Å². The molecule has 0 spiro atoms. The van der Waals surface area contributed by atoms with Crippen LogP contribution < -0.4 is 4.90 Å². The number of nitriles is 1. The molecule has 4 nitrogen and oxygen atoms in total. The Labute approximate surface area is 126 Å². The van der Waals surface area contributed by atoms with Crippen LogP contribution in [0, 0.1) is 11.3 Å². The lowest BCUT2D eigenvalue weighted by atomic mass is 10.0. The zero-order chi connectivity index (χ0) is 14.7. The Bertz CT molecular complexity index is 502. The fourth-order valence-electron chi connectivity index (χ4n) is 3.48. The lowest BCUT2D eigenvalue weighted by Crippen LogP contribution is -2.55. The molecule has 0 N–H and O–H groups in total. The maximum atomic E-state index is 8.89. The van der Waals surface area contributed by atoms with E-state index in [4.69, 9.17) is 10.00 Å². The van der Waals surface area contributed by atoms with E-state index in [2.05, 4.69) is 34.9 Å². The standard InChI is InChI=1S/C17H23N3O/c1-14-13-19(16-6-10-21-11-7-16)8-9-20(14)17-4-2-15(12-18)3-5-17/h2-5,14,16H,6-11,13H2,1H3/t14-/m1/s1. The Morgan fingerprint density at radius 3 is 2.48 bits per heavy atom. The van der Waals surface area contributed by atoms with E-state index in [9.17, 15) is 0 Å². The highest BCUT2D eigenvalue weighted by atomic mass is 16.5. The van der Waals surface area contributed by atoms with Crippen LogP contribution in [0.25, 0.3) is 0 Å². The quantitative estimate of drug-likeness (QED) is 0.835. The minimum atomic E-state index is 0.509. The number of hydrogen-bond donors (Lipinski definition) is 0. The molecule has 0 aromatic heterocycles. The van der Waals surface area contributed by atoms with Gasteiger partial charge in [0, 0.05) is 50.6 Å². The summed E-state index contributed by atoms with van der Waals surface area (Å²) in [5.74, 6) is 0. The Hall–Kier alpha value is -1.57. The molecule has 112 valence electrons. The van der Waals surface area contributed by atoms with Gasteiger partial charge in [0.1, 0.15) is 0 Å². The summed E-state index contributed by atoms with van der Waals surface area (Å²) in [6.45, 7) is 7.41. The second-order valence-electron chi connectivity index (χ2n) is 6.04. The van der Waals surface area contributed by atoms with Crippen molar-refractivity contribution in [2.45, 2.75) is 31.8 Å². The number of piperazine rings is 1. The third-order valence-electron chi connectivity index (χ3n) is 4.69. The van der Waals surface area contributed by atoms with Crippen molar-refractivity contribution in [3.63, 3.8) is 0 Å². The summed E-state index contributed by atoms with van der Waals surface area (Å²) in [5, 5.41) is 8.89. The molecule has 2 saturated heterocycles. The maximum Gasteiger partial charge on any atom is 0.0991 e. The number of anilines is 1. The maximum absolute atomic E-state index is 8.89. The molecule has 4 heteroatoms. The van der Waals surface area contributed by atoms with Crippen LogP contribution in [0.4, 0.5) is 5.69 Å². The van der Waals surface area contributed by atoms with E-state index in [1.807, 2.05) is 12.1 Å². The Kier molecular flexibility index (Phi) is 4.42. The summed E-state index contributed by atoms with van der Waals surface area (Å²) >= 11 is 0. The van der Waals surface area contributed by atoms with Crippen LogP contribution in [0.1, 0.15) is 25.3 Å². The molecule has 2 fully saturated rings. The van der Waals surface area contributed by atoms with Crippen LogP contribution in [0.2, 0.25) is 0 Å². The molecule has 3 rings (SSSR count). The SMILES string of the molecule is C[C@@H]1CN(C2CCOCC2)CCN1c1ccc(C#N)cc1. The number of benzene rings is 1. The lowest BCUT2D eigenvalue weighted by molar-refractivity contribution is 0.0280. The highest BCUT2D eigenvalue weighted by molar-refractivity contribution is 5.50. The Morgan fingerprint density at radius 1 is 1.14 bits per heavy atom. The monoisotopic (exact) mass is 285 g/mol. The molecule has 0 unspecified atom stereocenters. The van der Waals surface area contributed by atoms with Gasteiger partial charge in [-0.15, -0.1) is 0 Å². The van der Waals surface area contributed by atoms with E-state index in [-0.39, 0.29) is 0 Å². The van der Waals surface area contributed by atoms with Crippen molar-refractivity contribution in [3.8, 4) is 6.07 Å². The fraction of sp³-hybridized carbons (Fsp3) is 0.588. The third-order valence-corrected chi connectivity index (χ3v) is 4.69. The first-order valence-corrected chi connectivity index (χ1v) is 7.86. The number of rotatable bonds is 2. The summed E-state index contributed by atoms with van der Waals surface area (Å²) in [6, 6.07) is 11.3. The molecule has 0 radical (unpaired) electrons. The minimum absolute atomic E-state index is 0.509. The van der Waals surface area contributed by atoms with Crippen molar-refractivity contribution in [3.05, 3.63) is 29.8 Å². The van der Waals surface area contributed by atoms with Gasteiger partial charge in [-0.3, -0.25) is 4.90 Å². The first kappa shape index (κ1) is 14.4. The Morgan fingerprint density at radius 2 is 1.86 bits per heavy atom. The van der Waals surface area contributed by atoms with Crippen LogP contribution in [-0.2, 0) is 4.74 Å². The van der Waals surface area contributed by atoms with Crippen molar-refractivity contribution >= 4 is 5.69 Å². The predicted octanol–water partition coefficient (Wildman–Crippen LogP) is 2.25. The zero-order valence-corrected chi connectivity index (χ0v) is 12.7. The minimum Gasteiger partial charge on any atom is -0.381 e. The largest absolute Gasteiger partial charge is 0.381 e. The first-order valence-electron chi connectivity index (χ1n) is 7.86. The van der Waals surface area contributed by atoms with Crippen LogP contribution in [0.3, 0.4) is 0 Å². The van der Waals surface area contributed by atoms with Crippen LogP contribution in [0.15, 0.2) is 24.3 Å². The second-order valence-corrected chi connectivity index (χ2v) is 6.04. The molecule has 2 heterocycles. The summed E-state index contributed by atoms with van der Waals surface area (Å²) < 4.78 is 5.47. The summed E-state index contributed by atoms with van der Waals surface area (Å²) in [6.07, 6.45) is 2.34.